The largest absolute Gasteiger partial charge is 0.394 e. The summed E-state index contributed by atoms with van der Waals surface area (Å²) in [5.41, 5.74) is 0. The number of carbonyl (C=O) groups excluding carboxylic acids is 1. The molecule has 0 saturated carbocycles. The van der Waals surface area contributed by atoms with Gasteiger partial charge in [0.05, 0.1) is 18.8 Å². The van der Waals surface area contributed by atoms with Gasteiger partial charge in [0.2, 0.25) is 5.91 Å². The van der Waals surface area contributed by atoms with E-state index in [0.717, 1.165) is 25.7 Å². The van der Waals surface area contributed by atoms with Crippen molar-refractivity contribution in [2.45, 2.75) is 219 Å². The SMILES string of the molecule is CCCCCCCCCCCCCCCCCCCCC/C=C/C(O)C(CO)NC(=O)CCCCCCCCCCC. The molecule has 0 aliphatic rings. The van der Waals surface area contributed by atoms with Gasteiger partial charge >= 0.3 is 0 Å². The van der Waals surface area contributed by atoms with Gasteiger partial charge in [-0.3, -0.25) is 4.79 Å². The van der Waals surface area contributed by atoms with Gasteiger partial charge in [0.25, 0.3) is 0 Å². The molecule has 0 saturated heterocycles. The van der Waals surface area contributed by atoms with Crippen LogP contribution in [0.5, 0.6) is 0 Å². The van der Waals surface area contributed by atoms with Crippen molar-refractivity contribution in [3.63, 3.8) is 0 Å². The van der Waals surface area contributed by atoms with Gasteiger partial charge in [0.1, 0.15) is 0 Å². The molecule has 0 aliphatic heterocycles. The Bertz CT molecular complexity index is 565. The van der Waals surface area contributed by atoms with E-state index in [2.05, 4.69) is 19.2 Å². The van der Waals surface area contributed by atoms with Crippen LogP contribution in [0.15, 0.2) is 12.2 Å². The van der Waals surface area contributed by atoms with Gasteiger partial charge in [-0.2, -0.15) is 0 Å². The van der Waals surface area contributed by atoms with E-state index in [0.29, 0.717) is 6.42 Å². The van der Waals surface area contributed by atoms with E-state index in [4.69, 9.17) is 0 Å². The minimum Gasteiger partial charge on any atom is -0.394 e. The summed E-state index contributed by atoms with van der Waals surface area (Å²) in [5.74, 6) is -0.0664. The molecule has 0 heterocycles. The zero-order valence-corrected chi connectivity index (χ0v) is 28.5. The smallest absolute Gasteiger partial charge is 0.220 e. The number of nitrogens with one attached hydrogen (secondary N) is 1. The number of hydrogen-bond donors (Lipinski definition) is 3. The summed E-state index contributed by atoms with van der Waals surface area (Å²) in [6, 6.07) is -0.613. The summed E-state index contributed by atoms with van der Waals surface area (Å²) in [4.78, 5) is 12.2. The molecule has 250 valence electrons. The molecule has 4 nitrogen and oxygen atoms in total. The predicted molar refractivity (Wildman–Crippen MR) is 184 cm³/mol. The van der Waals surface area contributed by atoms with E-state index in [1.807, 2.05) is 6.08 Å². The summed E-state index contributed by atoms with van der Waals surface area (Å²) in [6.45, 7) is 4.29. The van der Waals surface area contributed by atoms with Gasteiger partial charge in [0, 0.05) is 6.42 Å². The van der Waals surface area contributed by atoms with E-state index in [1.165, 1.54) is 161 Å². The van der Waals surface area contributed by atoms with Crippen LogP contribution in [-0.2, 0) is 4.79 Å². The maximum absolute atomic E-state index is 12.2. The van der Waals surface area contributed by atoms with Gasteiger partial charge in [-0.15, -0.1) is 0 Å². The number of amides is 1. The van der Waals surface area contributed by atoms with E-state index in [1.54, 1.807) is 6.08 Å². The number of aliphatic hydroxyl groups is 2. The summed E-state index contributed by atoms with van der Waals surface area (Å²) >= 11 is 0. The number of aliphatic hydroxyl groups excluding tert-OH is 2. The van der Waals surface area contributed by atoms with Gasteiger partial charge in [-0.25, -0.2) is 0 Å². The second-order valence-electron chi connectivity index (χ2n) is 13.0. The molecule has 0 fully saturated rings. The maximum atomic E-state index is 12.2. The van der Waals surface area contributed by atoms with Gasteiger partial charge in [-0.05, 0) is 19.3 Å². The van der Waals surface area contributed by atoms with Crippen LogP contribution in [0, 0.1) is 0 Å². The first kappa shape index (κ1) is 41.1. The third-order valence-corrected chi connectivity index (χ3v) is 8.77. The molecule has 3 N–H and O–H groups in total. The second kappa shape index (κ2) is 34.6. The van der Waals surface area contributed by atoms with Crippen molar-refractivity contribution < 1.29 is 15.0 Å². The van der Waals surface area contributed by atoms with E-state index in [9.17, 15) is 15.0 Å². The van der Waals surface area contributed by atoms with Crippen LogP contribution in [0.3, 0.4) is 0 Å². The number of hydrogen-bond acceptors (Lipinski definition) is 3. The molecular weight excluding hydrogens is 518 g/mol. The fourth-order valence-electron chi connectivity index (χ4n) is 5.82. The minimum atomic E-state index is -0.831. The quantitative estimate of drug-likeness (QED) is 0.0513. The van der Waals surface area contributed by atoms with E-state index >= 15 is 0 Å². The fourth-order valence-corrected chi connectivity index (χ4v) is 5.82. The molecule has 0 bridgehead atoms. The van der Waals surface area contributed by atoms with E-state index < -0.39 is 12.1 Å². The van der Waals surface area contributed by atoms with Crippen molar-refractivity contribution >= 4 is 5.91 Å². The Morgan fingerprint density at radius 3 is 1.24 bits per heavy atom. The average Bonchev–Trinajstić information content (AvgIpc) is 2.99. The highest BCUT2D eigenvalue weighted by molar-refractivity contribution is 5.76. The Morgan fingerprint density at radius 1 is 0.548 bits per heavy atom. The van der Waals surface area contributed by atoms with Crippen LogP contribution >= 0.6 is 0 Å². The van der Waals surface area contributed by atoms with Crippen molar-refractivity contribution in [2.75, 3.05) is 6.61 Å². The Hall–Kier alpha value is -0.870. The molecule has 4 heteroatoms. The minimum absolute atomic E-state index is 0.0664. The lowest BCUT2D eigenvalue weighted by Gasteiger charge is -2.20. The molecule has 0 aromatic rings. The second-order valence-corrected chi connectivity index (χ2v) is 13.0. The summed E-state index contributed by atoms with van der Waals surface area (Å²) in [6.07, 6.45) is 41.7. The third-order valence-electron chi connectivity index (χ3n) is 8.77. The van der Waals surface area contributed by atoms with Crippen LogP contribution in [0.1, 0.15) is 206 Å². The predicted octanol–water partition coefficient (Wildman–Crippen LogP) is 11.1. The highest BCUT2D eigenvalue weighted by atomic mass is 16.3. The van der Waals surface area contributed by atoms with Gasteiger partial charge < -0.3 is 15.5 Å². The number of unbranched alkanes of at least 4 members (excludes halogenated alkanes) is 27. The summed E-state index contributed by atoms with van der Waals surface area (Å²) < 4.78 is 0. The molecule has 2 atom stereocenters. The van der Waals surface area contributed by atoms with Crippen molar-refractivity contribution in [3.05, 3.63) is 12.2 Å². The lowest BCUT2D eigenvalue weighted by Crippen LogP contribution is -2.45. The average molecular weight is 594 g/mol. The van der Waals surface area contributed by atoms with E-state index in [-0.39, 0.29) is 12.5 Å². The Balaban J connectivity index is 3.53. The van der Waals surface area contributed by atoms with Crippen molar-refractivity contribution in [1.82, 2.24) is 5.32 Å². The van der Waals surface area contributed by atoms with Crippen LogP contribution in [0.25, 0.3) is 0 Å². The molecule has 0 aromatic carbocycles. The van der Waals surface area contributed by atoms with Crippen LogP contribution in [0.4, 0.5) is 0 Å². The molecule has 1 amide bonds. The zero-order valence-electron chi connectivity index (χ0n) is 28.5. The summed E-state index contributed by atoms with van der Waals surface area (Å²) in [7, 11) is 0. The highest BCUT2D eigenvalue weighted by Crippen LogP contribution is 2.15. The normalized spacial score (nSPS) is 13.1. The van der Waals surface area contributed by atoms with Crippen molar-refractivity contribution in [3.8, 4) is 0 Å². The molecule has 0 rings (SSSR count). The lowest BCUT2D eigenvalue weighted by atomic mass is 10.0. The molecule has 0 aliphatic carbocycles. The van der Waals surface area contributed by atoms with Crippen molar-refractivity contribution in [2.24, 2.45) is 0 Å². The third kappa shape index (κ3) is 30.6. The Morgan fingerprint density at radius 2 is 0.881 bits per heavy atom. The first-order valence-electron chi connectivity index (χ1n) is 18.9. The monoisotopic (exact) mass is 594 g/mol. The Labute approximate surface area is 263 Å². The molecule has 0 aromatic heterocycles. The molecular formula is C38H75NO3. The van der Waals surface area contributed by atoms with Crippen LogP contribution in [-0.4, -0.2) is 34.9 Å². The molecule has 42 heavy (non-hydrogen) atoms. The molecule has 0 spiro atoms. The first-order chi connectivity index (χ1) is 20.7. The molecule has 0 radical (unpaired) electrons. The van der Waals surface area contributed by atoms with Crippen LogP contribution in [0.2, 0.25) is 0 Å². The standard InChI is InChI=1S/C38H75NO3/c1-3-5-7-9-11-13-14-15-16-17-18-19-20-21-22-23-24-26-27-29-31-33-37(41)36(35-40)39-38(42)34-32-30-28-25-12-10-8-6-4-2/h31,33,36-37,40-41H,3-30,32,34-35H2,1-2H3,(H,39,42)/b33-31+. The lowest BCUT2D eigenvalue weighted by molar-refractivity contribution is -0.123. The first-order valence-corrected chi connectivity index (χ1v) is 18.9. The Kier molecular flexibility index (Phi) is 33.9. The number of carbonyl (C=O) groups is 1. The fraction of sp³-hybridized carbons (Fsp3) is 0.921. The topological polar surface area (TPSA) is 69.6 Å². The highest BCUT2D eigenvalue weighted by Gasteiger charge is 2.17. The number of allylic oxidation sites excluding steroid dienone is 1. The van der Waals surface area contributed by atoms with Gasteiger partial charge in [-0.1, -0.05) is 193 Å². The van der Waals surface area contributed by atoms with Gasteiger partial charge in [0.15, 0.2) is 0 Å². The molecule has 2 unspecified atom stereocenters. The maximum Gasteiger partial charge on any atom is 0.220 e. The van der Waals surface area contributed by atoms with Crippen molar-refractivity contribution in [1.29, 1.82) is 0 Å². The number of rotatable bonds is 34. The summed E-state index contributed by atoms with van der Waals surface area (Å²) in [5, 5.41) is 22.8. The zero-order chi connectivity index (χ0) is 30.8. The van der Waals surface area contributed by atoms with Crippen LogP contribution < -0.4 is 5.32 Å².